The van der Waals surface area contributed by atoms with Crippen LogP contribution >= 0.6 is 11.8 Å². The molecule has 0 bridgehead atoms. The van der Waals surface area contributed by atoms with E-state index in [0.29, 0.717) is 5.82 Å². The van der Waals surface area contributed by atoms with Crippen molar-refractivity contribution >= 4 is 22.7 Å². The van der Waals surface area contributed by atoms with Crippen LogP contribution in [0.15, 0.2) is 39.7 Å². The van der Waals surface area contributed by atoms with Crippen molar-refractivity contribution < 1.29 is 4.42 Å². The monoisotopic (exact) mass is 270 g/mol. The summed E-state index contributed by atoms with van der Waals surface area (Å²) < 4.78 is 5.50. The molecular formula is C14H10N2O2S. The molecule has 4 rings (SSSR count). The van der Waals surface area contributed by atoms with Crippen molar-refractivity contribution in [3.05, 3.63) is 52.1 Å². The van der Waals surface area contributed by atoms with E-state index in [9.17, 15) is 4.79 Å². The van der Waals surface area contributed by atoms with Gasteiger partial charge in [-0.15, -0.1) is 0 Å². The summed E-state index contributed by atoms with van der Waals surface area (Å²) in [4.78, 5) is 19.5. The summed E-state index contributed by atoms with van der Waals surface area (Å²) in [6.07, 6.45) is 1.65. The van der Waals surface area contributed by atoms with Crippen LogP contribution in [-0.2, 0) is 11.5 Å². The molecule has 0 aliphatic carbocycles. The van der Waals surface area contributed by atoms with Gasteiger partial charge in [0.2, 0.25) is 0 Å². The molecule has 1 aromatic carbocycles. The normalized spacial score (nSPS) is 13.9. The van der Waals surface area contributed by atoms with Gasteiger partial charge in [0, 0.05) is 22.5 Å². The second-order valence-corrected chi connectivity index (χ2v) is 5.46. The molecule has 3 heterocycles. The molecule has 19 heavy (non-hydrogen) atoms. The molecule has 4 nitrogen and oxygen atoms in total. The summed E-state index contributed by atoms with van der Waals surface area (Å²) in [5, 5.41) is 0.969. The summed E-state index contributed by atoms with van der Waals surface area (Å²) in [5.41, 5.74) is 3.31. The lowest BCUT2D eigenvalue weighted by atomic mass is 10.1. The molecule has 1 aliphatic rings. The van der Waals surface area contributed by atoms with Gasteiger partial charge >= 0.3 is 0 Å². The standard InChI is InChI=1S/C14H10N2O2S/c17-14-10-6-19-7-11(10)15-13(16-14)9-5-18-12-4-2-1-3-8(9)12/h1-5H,6-7H2,(H,15,16,17). The maximum absolute atomic E-state index is 12.0. The van der Waals surface area contributed by atoms with Crippen molar-refractivity contribution in [2.75, 3.05) is 0 Å². The number of fused-ring (bicyclic) bond motifs is 2. The van der Waals surface area contributed by atoms with Gasteiger partial charge in [0.15, 0.2) is 0 Å². The Bertz CT molecular complexity index is 835. The van der Waals surface area contributed by atoms with Crippen molar-refractivity contribution in [2.24, 2.45) is 0 Å². The number of hydrogen-bond acceptors (Lipinski definition) is 4. The highest BCUT2D eigenvalue weighted by atomic mass is 32.2. The van der Waals surface area contributed by atoms with E-state index in [4.69, 9.17) is 4.42 Å². The Morgan fingerprint density at radius 2 is 2.16 bits per heavy atom. The molecule has 94 valence electrons. The minimum absolute atomic E-state index is 0.0321. The molecule has 0 radical (unpaired) electrons. The number of para-hydroxylation sites is 1. The molecule has 2 aromatic heterocycles. The van der Waals surface area contributed by atoms with Crippen LogP contribution in [0.4, 0.5) is 0 Å². The summed E-state index contributed by atoms with van der Waals surface area (Å²) in [6.45, 7) is 0. The van der Waals surface area contributed by atoms with Crippen molar-refractivity contribution in [1.29, 1.82) is 0 Å². The van der Waals surface area contributed by atoms with E-state index in [1.807, 2.05) is 24.3 Å². The zero-order valence-corrected chi connectivity index (χ0v) is 10.8. The number of nitrogens with zero attached hydrogens (tertiary/aromatic N) is 1. The van der Waals surface area contributed by atoms with Gasteiger partial charge in [-0.2, -0.15) is 11.8 Å². The van der Waals surface area contributed by atoms with E-state index in [1.165, 1.54) is 0 Å². The van der Waals surface area contributed by atoms with E-state index < -0.39 is 0 Å². The second-order valence-electron chi connectivity index (χ2n) is 4.48. The lowest BCUT2D eigenvalue weighted by molar-refractivity contribution is 0.616. The average molecular weight is 270 g/mol. The fourth-order valence-electron chi connectivity index (χ4n) is 2.35. The molecule has 1 N–H and O–H groups in total. The van der Waals surface area contributed by atoms with Gasteiger partial charge in [0.25, 0.3) is 5.56 Å². The van der Waals surface area contributed by atoms with Gasteiger partial charge in [-0.1, -0.05) is 18.2 Å². The Kier molecular flexibility index (Phi) is 2.29. The van der Waals surface area contributed by atoms with Crippen LogP contribution in [0.1, 0.15) is 11.3 Å². The number of furan rings is 1. The van der Waals surface area contributed by atoms with Crippen LogP contribution in [0, 0.1) is 0 Å². The third kappa shape index (κ3) is 1.62. The number of aromatic nitrogens is 2. The average Bonchev–Trinajstić information content (AvgIpc) is 3.04. The van der Waals surface area contributed by atoms with Gasteiger partial charge in [-0.25, -0.2) is 4.98 Å². The smallest absolute Gasteiger partial charge is 0.255 e. The van der Waals surface area contributed by atoms with Crippen molar-refractivity contribution in [1.82, 2.24) is 9.97 Å². The summed E-state index contributed by atoms with van der Waals surface area (Å²) >= 11 is 1.72. The van der Waals surface area contributed by atoms with Crippen LogP contribution in [0.25, 0.3) is 22.4 Å². The molecule has 3 aromatic rings. The number of nitrogens with one attached hydrogen (secondary N) is 1. The third-order valence-electron chi connectivity index (χ3n) is 3.32. The van der Waals surface area contributed by atoms with Gasteiger partial charge < -0.3 is 9.40 Å². The summed E-state index contributed by atoms with van der Waals surface area (Å²) in [5.74, 6) is 2.16. The fourth-order valence-corrected chi connectivity index (χ4v) is 3.39. The zero-order chi connectivity index (χ0) is 12.8. The van der Waals surface area contributed by atoms with Crippen LogP contribution in [-0.4, -0.2) is 9.97 Å². The Balaban J connectivity index is 1.98. The predicted octanol–water partition coefficient (Wildman–Crippen LogP) is 2.93. The number of benzene rings is 1. The van der Waals surface area contributed by atoms with Crippen molar-refractivity contribution in [3.8, 4) is 11.4 Å². The number of thioether (sulfide) groups is 1. The lowest BCUT2D eigenvalue weighted by Crippen LogP contribution is -2.14. The van der Waals surface area contributed by atoms with E-state index >= 15 is 0 Å². The van der Waals surface area contributed by atoms with Crippen molar-refractivity contribution in [3.63, 3.8) is 0 Å². The first-order valence-electron chi connectivity index (χ1n) is 5.99. The molecule has 0 saturated heterocycles. The van der Waals surface area contributed by atoms with Gasteiger partial charge in [0.05, 0.1) is 11.3 Å². The SMILES string of the molecule is O=c1[nH]c(-c2coc3ccccc23)nc2c1CSC2. The molecule has 0 atom stereocenters. The number of H-pyrrole nitrogens is 1. The first-order valence-corrected chi connectivity index (χ1v) is 7.15. The maximum atomic E-state index is 12.0. The lowest BCUT2D eigenvalue weighted by Gasteiger charge is -2.01. The Morgan fingerprint density at radius 1 is 1.26 bits per heavy atom. The highest BCUT2D eigenvalue weighted by Gasteiger charge is 2.19. The first-order chi connectivity index (χ1) is 9.33. The molecular weight excluding hydrogens is 260 g/mol. The van der Waals surface area contributed by atoms with Gasteiger partial charge in [-0.3, -0.25) is 4.79 Å². The largest absolute Gasteiger partial charge is 0.464 e. The van der Waals surface area contributed by atoms with Crippen LogP contribution < -0.4 is 5.56 Å². The highest BCUT2D eigenvalue weighted by molar-refractivity contribution is 7.98. The van der Waals surface area contributed by atoms with Crippen LogP contribution in [0.3, 0.4) is 0 Å². The molecule has 0 spiro atoms. The highest BCUT2D eigenvalue weighted by Crippen LogP contribution is 2.30. The Hall–Kier alpha value is -2.01. The van der Waals surface area contributed by atoms with E-state index in [2.05, 4.69) is 9.97 Å². The molecule has 1 aliphatic heterocycles. The maximum Gasteiger partial charge on any atom is 0.255 e. The topological polar surface area (TPSA) is 58.9 Å². The van der Waals surface area contributed by atoms with E-state index in [-0.39, 0.29) is 5.56 Å². The molecule has 0 unspecified atom stereocenters. The Labute approximate surface area is 112 Å². The Morgan fingerprint density at radius 3 is 3.11 bits per heavy atom. The molecule has 5 heteroatoms. The zero-order valence-electron chi connectivity index (χ0n) is 9.97. The third-order valence-corrected chi connectivity index (χ3v) is 4.29. The van der Waals surface area contributed by atoms with Gasteiger partial charge in [0.1, 0.15) is 17.7 Å². The number of hydrogen-bond donors (Lipinski definition) is 1. The molecule has 0 amide bonds. The van der Waals surface area contributed by atoms with Crippen LogP contribution in [0.2, 0.25) is 0 Å². The second kappa shape index (κ2) is 3.99. The first kappa shape index (κ1) is 10.9. The quantitative estimate of drug-likeness (QED) is 0.738. The van der Waals surface area contributed by atoms with Gasteiger partial charge in [-0.05, 0) is 6.07 Å². The predicted molar refractivity (Wildman–Crippen MR) is 75.1 cm³/mol. The minimum atomic E-state index is -0.0321. The summed E-state index contributed by atoms with van der Waals surface area (Å²) in [6, 6.07) is 7.74. The molecule has 0 saturated carbocycles. The minimum Gasteiger partial charge on any atom is -0.464 e. The van der Waals surface area contributed by atoms with E-state index in [1.54, 1.807) is 18.0 Å². The fraction of sp³-hybridized carbons (Fsp3) is 0.143. The summed E-state index contributed by atoms with van der Waals surface area (Å²) in [7, 11) is 0. The van der Waals surface area contributed by atoms with E-state index in [0.717, 1.165) is 39.3 Å². The van der Waals surface area contributed by atoms with Crippen molar-refractivity contribution in [2.45, 2.75) is 11.5 Å². The molecule has 0 fully saturated rings. The van der Waals surface area contributed by atoms with Crippen LogP contribution in [0.5, 0.6) is 0 Å². The number of aromatic amines is 1. The number of rotatable bonds is 1.